The van der Waals surface area contributed by atoms with Crippen molar-refractivity contribution in [2.75, 3.05) is 13.1 Å². The van der Waals surface area contributed by atoms with Gasteiger partial charge in [-0.15, -0.1) is 0 Å². The normalized spacial score (nSPS) is 19.9. The third-order valence-electron chi connectivity index (χ3n) is 5.91. The van der Waals surface area contributed by atoms with Crippen LogP contribution in [0.15, 0.2) is 41.1 Å². The van der Waals surface area contributed by atoms with Gasteiger partial charge in [-0.1, -0.05) is 17.3 Å². The first-order chi connectivity index (χ1) is 16.0. The van der Waals surface area contributed by atoms with Crippen molar-refractivity contribution in [3.63, 3.8) is 0 Å². The summed E-state index contributed by atoms with van der Waals surface area (Å²) in [5, 5.41) is 16.4. The molecule has 1 aliphatic carbocycles. The number of carbonyl (C=O) groups is 3. The van der Waals surface area contributed by atoms with Crippen LogP contribution in [0.2, 0.25) is 0 Å². The zero-order chi connectivity index (χ0) is 23.6. The van der Waals surface area contributed by atoms with Crippen molar-refractivity contribution in [1.29, 1.82) is 0 Å². The zero-order valence-electron chi connectivity index (χ0n) is 18.3. The van der Waals surface area contributed by atoms with Gasteiger partial charge in [0.05, 0.1) is 0 Å². The fraction of sp³-hybridized carbons (Fsp3) is 0.478. The number of nitrogens with zero attached hydrogens (tertiary/aromatic N) is 2. The first-order valence-electron chi connectivity index (χ1n) is 11.0. The van der Waals surface area contributed by atoms with Crippen LogP contribution in [0.3, 0.4) is 0 Å². The molecule has 178 valence electrons. The third-order valence-corrected chi connectivity index (χ3v) is 5.91. The fourth-order valence-corrected chi connectivity index (χ4v) is 4.11. The van der Waals surface area contributed by atoms with E-state index in [1.807, 2.05) is 0 Å². The van der Waals surface area contributed by atoms with Gasteiger partial charge < -0.3 is 20.3 Å². The van der Waals surface area contributed by atoms with Crippen molar-refractivity contribution in [2.45, 2.75) is 50.7 Å². The molecular formula is C23H29FN4O5. The third kappa shape index (κ3) is 7.67. The van der Waals surface area contributed by atoms with Crippen molar-refractivity contribution in [3.05, 3.63) is 53.7 Å². The number of carboxylic acid groups (broad SMARTS) is 1. The molecule has 33 heavy (non-hydrogen) atoms. The SMILES string of the molecule is O=C(C[C@H]1CC[C@@H](CNC(=O)c2ccon2)N1CC1CC1)NCc1cccc(F)c1.O=CO. The molecule has 1 saturated heterocycles. The summed E-state index contributed by atoms with van der Waals surface area (Å²) < 4.78 is 18.0. The van der Waals surface area contributed by atoms with Crippen LogP contribution in [0.5, 0.6) is 0 Å². The Morgan fingerprint density at radius 2 is 1.94 bits per heavy atom. The highest BCUT2D eigenvalue weighted by atomic mass is 19.1. The van der Waals surface area contributed by atoms with Gasteiger partial charge in [-0.3, -0.25) is 19.3 Å². The molecule has 1 aromatic heterocycles. The van der Waals surface area contributed by atoms with E-state index in [1.165, 1.54) is 37.3 Å². The summed E-state index contributed by atoms with van der Waals surface area (Å²) in [4.78, 5) is 35.4. The largest absolute Gasteiger partial charge is 0.483 e. The monoisotopic (exact) mass is 460 g/mol. The Kier molecular flexibility index (Phi) is 8.94. The molecule has 2 aliphatic rings. The summed E-state index contributed by atoms with van der Waals surface area (Å²) in [5.41, 5.74) is 1.02. The molecule has 4 rings (SSSR count). The van der Waals surface area contributed by atoms with Crippen molar-refractivity contribution in [1.82, 2.24) is 20.7 Å². The van der Waals surface area contributed by atoms with E-state index in [9.17, 15) is 14.0 Å². The molecule has 0 radical (unpaired) electrons. The number of hydrogen-bond acceptors (Lipinski definition) is 6. The van der Waals surface area contributed by atoms with Crippen LogP contribution < -0.4 is 10.6 Å². The van der Waals surface area contributed by atoms with Gasteiger partial charge >= 0.3 is 0 Å². The van der Waals surface area contributed by atoms with E-state index in [-0.39, 0.29) is 41.9 Å². The first-order valence-corrected chi connectivity index (χ1v) is 11.0. The van der Waals surface area contributed by atoms with Gasteiger partial charge in [0.15, 0.2) is 5.69 Å². The number of rotatable bonds is 9. The molecule has 2 atom stereocenters. The Morgan fingerprint density at radius 3 is 2.61 bits per heavy atom. The van der Waals surface area contributed by atoms with Crippen molar-refractivity contribution >= 4 is 18.3 Å². The summed E-state index contributed by atoms with van der Waals surface area (Å²) in [6.45, 7) is 1.56. The van der Waals surface area contributed by atoms with E-state index in [0.717, 1.165) is 24.9 Å². The van der Waals surface area contributed by atoms with Gasteiger partial charge in [-0.25, -0.2) is 4.39 Å². The highest BCUT2D eigenvalue weighted by molar-refractivity contribution is 5.91. The van der Waals surface area contributed by atoms with Crippen molar-refractivity contribution in [3.8, 4) is 0 Å². The predicted molar refractivity (Wildman–Crippen MR) is 117 cm³/mol. The second-order valence-corrected chi connectivity index (χ2v) is 8.34. The van der Waals surface area contributed by atoms with Crippen LogP contribution in [-0.4, -0.2) is 58.6 Å². The number of aromatic nitrogens is 1. The molecule has 0 bridgehead atoms. The summed E-state index contributed by atoms with van der Waals surface area (Å²) in [5.74, 6) is 0.113. The lowest BCUT2D eigenvalue weighted by Crippen LogP contribution is -2.45. The number of likely N-dealkylation sites (tertiary alicyclic amines) is 1. The predicted octanol–water partition coefficient (Wildman–Crippen LogP) is 2.19. The smallest absolute Gasteiger partial charge is 0.290 e. The Hall–Kier alpha value is -3.27. The highest BCUT2D eigenvalue weighted by Crippen LogP contribution is 2.35. The maximum Gasteiger partial charge on any atom is 0.290 e. The van der Waals surface area contributed by atoms with E-state index >= 15 is 0 Å². The lowest BCUT2D eigenvalue weighted by molar-refractivity contribution is -0.123. The summed E-state index contributed by atoms with van der Waals surface area (Å²) in [6, 6.07) is 8.17. The fourth-order valence-electron chi connectivity index (χ4n) is 4.11. The average molecular weight is 461 g/mol. The Labute approximate surface area is 191 Å². The number of hydrogen-bond donors (Lipinski definition) is 3. The molecule has 9 nitrogen and oxygen atoms in total. The summed E-state index contributed by atoms with van der Waals surface area (Å²) in [6.07, 6.45) is 6.11. The van der Waals surface area contributed by atoms with Crippen LogP contribution >= 0.6 is 0 Å². The van der Waals surface area contributed by atoms with Crippen LogP contribution in [-0.2, 0) is 16.1 Å². The van der Waals surface area contributed by atoms with E-state index in [1.54, 1.807) is 12.1 Å². The molecule has 2 aromatic rings. The molecule has 3 N–H and O–H groups in total. The standard InChI is InChI=1S/C22H27FN4O3.CH2O2/c23-17-3-1-2-16(10-17)12-24-21(28)11-18-6-7-19(27(18)14-15-4-5-15)13-25-22(29)20-8-9-30-26-20;2-1-3/h1-3,8-10,15,18-19H,4-7,11-14H2,(H,24,28)(H,25,29);1H,(H,2,3)/t18-,19+;/m1./s1. The molecule has 0 unspecified atom stereocenters. The lowest BCUT2D eigenvalue weighted by Gasteiger charge is -2.30. The van der Waals surface area contributed by atoms with E-state index in [4.69, 9.17) is 14.4 Å². The second-order valence-electron chi connectivity index (χ2n) is 8.34. The molecule has 10 heteroatoms. The minimum atomic E-state index is -0.302. The van der Waals surface area contributed by atoms with Gasteiger partial charge in [-0.2, -0.15) is 0 Å². The van der Waals surface area contributed by atoms with Crippen LogP contribution in [0.25, 0.3) is 0 Å². The number of halogens is 1. The van der Waals surface area contributed by atoms with Crippen molar-refractivity contribution < 1.29 is 28.4 Å². The summed E-state index contributed by atoms with van der Waals surface area (Å²) in [7, 11) is 0. The minimum absolute atomic E-state index is 0.0302. The van der Waals surface area contributed by atoms with Gasteiger partial charge in [-0.05, 0) is 49.3 Å². The quantitative estimate of drug-likeness (QED) is 0.490. The molecule has 2 heterocycles. The summed E-state index contributed by atoms with van der Waals surface area (Å²) >= 11 is 0. The molecule has 1 saturated carbocycles. The number of amides is 2. The minimum Gasteiger partial charge on any atom is -0.483 e. The molecule has 2 fully saturated rings. The number of benzene rings is 1. The van der Waals surface area contributed by atoms with E-state index < -0.39 is 0 Å². The molecule has 2 amide bonds. The number of carbonyl (C=O) groups excluding carboxylic acids is 2. The second kappa shape index (κ2) is 12.1. The maximum atomic E-state index is 13.3. The zero-order valence-corrected chi connectivity index (χ0v) is 18.3. The highest BCUT2D eigenvalue weighted by Gasteiger charge is 2.38. The van der Waals surface area contributed by atoms with Crippen molar-refractivity contribution in [2.24, 2.45) is 5.92 Å². The lowest BCUT2D eigenvalue weighted by atomic mass is 10.1. The molecule has 1 aromatic carbocycles. The van der Waals surface area contributed by atoms with Gasteiger partial charge in [0.2, 0.25) is 5.91 Å². The van der Waals surface area contributed by atoms with Crippen LogP contribution in [0.4, 0.5) is 4.39 Å². The first kappa shape index (κ1) is 24.4. The van der Waals surface area contributed by atoms with Gasteiger partial charge in [0.25, 0.3) is 12.4 Å². The topological polar surface area (TPSA) is 125 Å². The molecule has 0 spiro atoms. The Balaban J connectivity index is 0.000000968. The van der Waals surface area contributed by atoms with E-state index in [2.05, 4.69) is 20.7 Å². The maximum absolute atomic E-state index is 13.3. The molecular weight excluding hydrogens is 431 g/mol. The molecule has 1 aliphatic heterocycles. The van der Waals surface area contributed by atoms with E-state index in [0.29, 0.717) is 25.4 Å². The Morgan fingerprint density at radius 1 is 1.18 bits per heavy atom. The van der Waals surface area contributed by atoms with Gasteiger partial charge in [0.1, 0.15) is 12.1 Å². The average Bonchev–Trinajstić information content (AvgIpc) is 3.29. The van der Waals surface area contributed by atoms with Crippen LogP contribution in [0.1, 0.15) is 48.2 Å². The van der Waals surface area contributed by atoms with Crippen LogP contribution in [0, 0.1) is 11.7 Å². The Bertz CT molecular complexity index is 919. The number of nitrogens with one attached hydrogen (secondary N) is 2. The van der Waals surface area contributed by atoms with Gasteiger partial charge in [0, 0.05) is 44.2 Å².